The Morgan fingerprint density at radius 2 is 1.71 bits per heavy atom. The lowest BCUT2D eigenvalue weighted by molar-refractivity contribution is -0.143. The summed E-state index contributed by atoms with van der Waals surface area (Å²) in [7, 11) is 0. The SMILES string of the molecule is CC(C)N1CC=C[C@]23S[C@]4(C)C=CCN(c5ccccc5)C(=O)[C@@H]4[C@H]2C(=O)N(CCCO)C3C1=O. The number of rotatable bonds is 5. The lowest BCUT2D eigenvalue weighted by atomic mass is 9.74. The highest BCUT2D eigenvalue weighted by Gasteiger charge is 2.73. The van der Waals surface area contributed by atoms with E-state index in [0.717, 1.165) is 5.69 Å². The van der Waals surface area contributed by atoms with E-state index in [4.69, 9.17) is 0 Å². The number of aliphatic hydroxyl groups excluding tert-OH is 1. The van der Waals surface area contributed by atoms with Gasteiger partial charge in [0.05, 0.1) is 16.6 Å². The van der Waals surface area contributed by atoms with Crippen LogP contribution in [0.3, 0.4) is 0 Å². The molecule has 35 heavy (non-hydrogen) atoms. The third-order valence-corrected chi connectivity index (χ3v) is 9.63. The van der Waals surface area contributed by atoms with Crippen molar-refractivity contribution in [1.82, 2.24) is 9.80 Å². The van der Waals surface area contributed by atoms with Crippen molar-refractivity contribution in [2.75, 3.05) is 31.1 Å². The highest BCUT2D eigenvalue weighted by molar-refractivity contribution is 8.02. The molecule has 1 spiro atoms. The summed E-state index contributed by atoms with van der Waals surface area (Å²) in [4.78, 5) is 47.5. The van der Waals surface area contributed by atoms with Gasteiger partial charge in [-0.05, 0) is 39.3 Å². The van der Waals surface area contributed by atoms with Gasteiger partial charge in [0.2, 0.25) is 17.7 Å². The number of nitrogens with zero attached hydrogens (tertiary/aromatic N) is 3. The Morgan fingerprint density at radius 3 is 2.40 bits per heavy atom. The van der Waals surface area contributed by atoms with Crippen molar-refractivity contribution in [2.24, 2.45) is 11.8 Å². The van der Waals surface area contributed by atoms with E-state index in [1.807, 2.05) is 74.2 Å². The van der Waals surface area contributed by atoms with Crippen molar-refractivity contribution in [3.8, 4) is 0 Å². The fraction of sp³-hybridized carbons (Fsp3) is 0.519. The molecule has 0 bridgehead atoms. The predicted molar refractivity (Wildman–Crippen MR) is 137 cm³/mol. The van der Waals surface area contributed by atoms with Gasteiger partial charge in [0.1, 0.15) is 6.04 Å². The molecule has 4 aliphatic rings. The first-order valence-electron chi connectivity index (χ1n) is 12.4. The van der Waals surface area contributed by atoms with Gasteiger partial charge in [0, 0.05) is 42.7 Å². The zero-order valence-electron chi connectivity index (χ0n) is 20.5. The predicted octanol–water partition coefficient (Wildman–Crippen LogP) is 2.47. The quantitative estimate of drug-likeness (QED) is 0.635. The molecule has 1 aromatic carbocycles. The minimum Gasteiger partial charge on any atom is -0.396 e. The van der Waals surface area contributed by atoms with Crippen molar-refractivity contribution in [1.29, 1.82) is 0 Å². The number of carbonyl (C=O) groups excluding carboxylic acids is 3. The average molecular weight is 496 g/mol. The smallest absolute Gasteiger partial charge is 0.247 e. The molecule has 8 heteroatoms. The minimum atomic E-state index is -0.841. The molecule has 1 N–H and O–H groups in total. The number of fused-ring (bicyclic) bond motifs is 2. The van der Waals surface area contributed by atoms with Gasteiger partial charge in [-0.15, -0.1) is 11.8 Å². The number of benzene rings is 1. The fourth-order valence-corrected chi connectivity index (χ4v) is 8.48. The summed E-state index contributed by atoms with van der Waals surface area (Å²) in [5.74, 6) is -1.59. The summed E-state index contributed by atoms with van der Waals surface area (Å²) in [6.45, 7) is 7.14. The minimum absolute atomic E-state index is 0.0151. The first-order chi connectivity index (χ1) is 16.7. The second kappa shape index (κ2) is 8.82. The van der Waals surface area contributed by atoms with Gasteiger partial charge in [0.25, 0.3) is 0 Å². The van der Waals surface area contributed by atoms with Gasteiger partial charge >= 0.3 is 0 Å². The summed E-state index contributed by atoms with van der Waals surface area (Å²) >= 11 is 1.59. The van der Waals surface area contributed by atoms with E-state index in [-0.39, 0.29) is 30.4 Å². The second-order valence-corrected chi connectivity index (χ2v) is 12.1. The maximum Gasteiger partial charge on any atom is 0.247 e. The van der Waals surface area contributed by atoms with Crippen molar-refractivity contribution in [3.05, 3.63) is 54.6 Å². The molecule has 7 nitrogen and oxygen atoms in total. The largest absolute Gasteiger partial charge is 0.396 e. The van der Waals surface area contributed by atoms with Crippen LogP contribution in [0.4, 0.5) is 5.69 Å². The Balaban J connectivity index is 1.64. The first kappa shape index (κ1) is 24.1. The van der Waals surface area contributed by atoms with Gasteiger partial charge in [-0.25, -0.2) is 0 Å². The van der Waals surface area contributed by atoms with Gasteiger partial charge in [-0.2, -0.15) is 0 Å². The van der Waals surface area contributed by atoms with E-state index in [9.17, 15) is 19.5 Å². The lowest BCUT2D eigenvalue weighted by Gasteiger charge is -2.37. The summed E-state index contributed by atoms with van der Waals surface area (Å²) in [6, 6.07) is 8.83. The van der Waals surface area contributed by atoms with Crippen LogP contribution in [0.25, 0.3) is 0 Å². The number of para-hydroxylation sites is 1. The molecule has 1 unspecified atom stereocenters. The van der Waals surface area contributed by atoms with Crippen LogP contribution in [-0.4, -0.2) is 80.4 Å². The highest BCUT2D eigenvalue weighted by Crippen LogP contribution is 2.65. The first-order valence-corrected chi connectivity index (χ1v) is 13.2. The fourth-order valence-electron chi connectivity index (χ4n) is 6.32. The van der Waals surface area contributed by atoms with E-state index < -0.39 is 27.4 Å². The number of carbonyl (C=O) groups is 3. The van der Waals surface area contributed by atoms with Crippen molar-refractivity contribution in [2.45, 2.75) is 48.8 Å². The van der Waals surface area contributed by atoms with E-state index >= 15 is 0 Å². The Kier molecular flexibility index (Phi) is 6.08. The molecule has 3 amide bonds. The Bertz CT molecular complexity index is 1090. The molecule has 0 aromatic heterocycles. The molecule has 1 aromatic rings. The molecule has 0 radical (unpaired) electrons. The van der Waals surface area contributed by atoms with Gasteiger partial charge in [0.15, 0.2) is 0 Å². The molecule has 4 heterocycles. The van der Waals surface area contributed by atoms with Gasteiger partial charge in [-0.3, -0.25) is 14.4 Å². The normalized spacial score (nSPS) is 34.3. The number of amides is 3. The molecule has 5 rings (SSSR count). The van der Waals surface area contributed by atoms with E-state index in [0.29, 0.717) is 26.1 Å². The Hall–Kier alpha value is -2.58. The number of hydrogen-bond donors (Lipinski definition) is 1. The van der Waals surface area contributed by atoms with E-state index in [1.165, 1.54) is 0 Å². The van der Waals surface area contributed by atoms with Crippen LogP contribution in [-0.2, 0) is 14.4 Å². The molecule has 4 aliphatic heterocycles. The lowest BCUT2D eigenvalue weighted by Crippen LogP contribution is -2.54. The summed E-state index contributed by atoms with van der Waals surface area (Å²) in [5.41, 5.74) is 0.801. The molecule has 0 aliphatic carbocycles. The summed E-state index contributed by atoms with van der Waals surface area (Å²) < 4.78 is -1.47. The van der Waals surface area contributed by atoms with Crippen molar-refractivity contribution >= 4 is 35.2 Å². The van der Waals surface area contributed by atoms with Crippen LogP contribution in [0, 0.1) is 11.8 Å². The van der Waals surface area contributed by atoms with E-state index in [1.54, 1.807) is 21.6 Å². The van der Waals surface area contributed by atoms with Crippen LogP contribution < -0.4 is 4.90 Å². The number of anilines is 1. The Morgan fingerprint density at radius 1 is 1.00 bits per heavy atom. The Labute approximate surface area is 210 Å². The number of thioether (sulfide) groups is 1. The maximum atomic E-state index is 14.2. The molecule has 186 valence electrons. The third kappa shape index (κ3) is 3.56. The molecular weight excluding hydrogens is 462 g/mol. The topological polar surface area (TPSA) is 81.2 Å². The standard InChI is InChI=1S/C27H33N3O4S/c1-18(2)28-14-8-13-27-21(24(33)30(16-9-17-31)22(27)25(28)34)20-23(32)29(19-10-5-4-6-11-19)15-7-12-26(20,3)35-27/h4-8,10-13,18,20-22,31H,9,14-17H2,1-3H3/t20-,21-,22?,26+,27-/m0/s1. The molecule has 2 fully saturated rings. The monoisotopic (exact) mass is 495 g/mol. The third-order valence-electron chi connectivity index (χ3n) is 7.84. The number of hydrogen-bond acceptors (Lipinski definition) is 5. The molecule has 2 saturated heterocycles. The van der Waals surface area contributed by atoms with Crippen LogP contribution in [0.2, 0.25) is 0 Å². The highest BCUT2D eigenvalue weighted by atomic mass is 32.2. The zero-order valence-corrected chi connectivity index (χ0v) is 21.3. The van der Waals surface area contributed by atoms with Crippen LogP contribution in [0.15, 0.2) is 54.6 Å². The van der Waals surface area contributed by atoms with Gasteiger partial charge in [-0.1, -0.05) is 42.5 Å². The van der Waals surface area contributed by atoms with Crippen LogP contribution in [0.1, 0.15) is 27.2 Å². The summed E-state index contributed by atoms with van der Waals surface area (Å²) in [5, 5.41) is 9.52. The molecular formula is C27H33N3O4S. The van der Waals surface area contributed by atoms with Crippen LogP contribution >= 0.6 is 11.8 Å². The molecule has 5 atom stereocenters. The maximum absolute atomic E-state index is 14.2. The summed E-state index contributed by atoms with van der Waals surface area (Å²) in [6.07, 6.45) is 8.51. The van der Waals surface area contributed by atoms with Crippen molar-refractivity contribution < 1.29 is 19.5 Å². The van der Waals surface area contributed by atoms with E-state index in [2.05, 4.69) is 6.08 Å². The number of likely N-dealkylation sites (tertiary alicyclic amines) is 1. The van der Waals surface area contributed by atoms with Gasteiger partial charge < -0.3 is 19.8 Å². The molecule has 0 saturated carbocycles. The average Bonchev–Trinajstić information content (AvgIpc) is 3.09. The zero-order chi connectivity index (χ0) is 25.0. The van der Waals surface area contributed by atoms with Crippen molar-refractivity contribution in [3.63, 3.8) is 0 Å². The second-order valence-electron chi connectivity index (χ2n) is 10.3. The van der Waals surface area contributed by atoms with Crippen LogP contribution in [0.5, 0.6) is 0 Å². The number of aliphatic hydroxyl groups is 1.